The van der Waals surface area contributed by atoms with Crippen LogP contribution in [0, 0.1) is 12.7 Å². The van der Waals surface area contributed by atoms with Crippen LogP contribution >= 0.6 is 0 Å². The Labute approximate surface area is 71.2 Å². The molecule has 2 heteroatoms. The van der Waals surface area contributed by atoms with Gasteiger partial charge < -0.3 is 0 Å². The second-order valence-electron chi connectivity index (χ2n) is 3.43. The van der Waals surface area contributed by atoms with Crippen molar-refractivity contribution in [2.24, 2.45) is 0 Å². The Morgan fingerprint density at radius 1 is 1.25 bits per heavy atom. The Morgan fingerprint density at radius 3 is 2.25 bits per heavy atom. The topological polar surface area (TPSA) is 0 Å². The molecule has 1 rings (SSSR count). The fraction of sp³-hybridized carbons (Fsp3) is 0.400. The zero-order valence-electron chi connectivity index (χ0n) is 7.49. The molecule has 66 valence electrons. The van der Waals surface area contributed by atoms with Gasteiger partial charge in [-0.05, 0) is 44.0 Å². The molecule has 0 atom stereocenters. The second kappa shape index (κ2) is 2.85. The molecule has 12 heavy (non-hydrogen) atoms. The van der Waals surface area contributed by atoms with Crippen molar-refractivity contribution >= 4 is 0 Å². The first kappa shape index (κ1) is 9.17. The molecule has 0 nitrogen and oxygen atoms in total. The Morgan fingerprint density at radius 2 is 1.83 bits per heavy atom. The van der Waals surface area contributed by atoms with Gasteiger partial charge in [-0.3, -0.25) is 0 Å². The van der Waals surface area contributed by atoms with Gasteiger partial charge in [0.25, 0.3) is 0 Å². The first-order chi connectivity index (χ1) is 5.41. The highest BCUT2D eigenvalue weighted by molar-refractivity contribution is 5.30. The molecule has 0 amide bonds. The van der Waals surface area contributed by atoms with Gasteiger partial charge in [0.2, 0.25) is 0 Å². The molecule has 0 aliphatic carbocycles. The fourth-order valence-corrected chi connectivity index (χ4v) is 1.23. The van der Waals surface area contributed by atoms with E-state index in [4.69, 9.17) is 0 Å². The quantitative estimate of drug-likeness (QED) is 0.606. The van der Waals surface area contributed by atoms with Gasteiger partial charge in [-0.2, -0.15) is 0 Å². The van der Waals surface area contributed by atoms with E-state index in [1.54, 1.807) is 13.0 Å². The molecule has 0 bridgehead atoms. The van der Waals surface area contributed by atoms with E-state index in [0.29, 0.717) is 5.56 Å². The lowest BCUT2D eigenvalue weighted by atomic mass is 9.95. The number of benzene rings is 1. The molecule has 1 aromatic rings. The molecule has 0 aliphatic heterocycles. The van der Waals surface area contributed by atoms with Crippen molar-refractivity contribution in [2.45, 2.75) is 26.4 Å². The van der Waals surface area contributed by atoms with Crippen molar-refractivity contribution in [1.82, 2.24) is 0 Å². The molecule has 0 saturated carbocycles. The summed E-state index contributed by atoms with van der Waals surface area (Å²) >= 11 is 0. The normalized spacial score (nSPS) is 11.8. The largest absolute Gasteiger partial charge is 0.239 e. The van der Waals surface area contributed by atoms with Crippen molar-refractivity contribution in [3.05, 3.63) is 35.1 Å². The van der Waals surface area contributed by atoms with Gasteiger partial charge in [0.05, 0.1) is 0 Å². The van der Waals surface area contributed by atoms with Crippen LogP contribution in [0.25, 0.3) is 0 Å². The summed E-state index contributed by atoms with van der Waals surface area (Å²) in [6.45, 7) is 4.62. The lowest BCUT2D eigenvalue weighted by molar-refractivity contribution is 0.219. The lowest BCUT2D eigenvalue weighted by Gasteiger charge is -2.17. The van der Waals surface area contributed by atoms with E-state index in [-0.39, 0.29) is 5.82 Å². The monoisotopic (exact) mass is 170 g/mol. The van der Waals surface area contributed by atoms with Crippen LogP contribution in [0.5, 0.6) is 0 Å². The summed E-state index contributed by atoms with van der Waals surface area (Å²) < 4.78 is 26.1. The van der Waals surface area contributed by atoms with Gasteiger partial charge >= 0.3 is 0 Å². The number of hydrogen-bond donors (Lipinski definition) is 0. The zero-order valence-corrected chi connectivity index (χ0v) is 7.49. The van der Waals surface area contributed by atoms with Gasteiger partial charge in [0, 0.05) is 0 Å². The standard InChI is InChI=1S/C10H12F2/c1-7-4-5-8(11)6-9(7)10(2,3)12/h4-6H,1-3H3. The maximum absolute atomic E-state index is 13.4. The smallest absolute Gasteiger partial charge is 0.130 e. The molecule has 0 heterocycles. The zero-order chi connectivity index (χ0) is 9.35. The van der Waals surface area contributed by atoms with Crippen molar-refractivity contribution in [3.8, 4) is 0 Å². The summed E-state index contributed by atoms with van der Waals surface area (Å²) in [6.07, 6.45) is 0. The number of halogens is 2. The van der Waals surface area contributed by atoms with Crippen molar-refractivity contribution in [2.75, 3.05) is 0 Å². The second-order valence-corrected chi connectivity index (χ2v) is 3.43. The maximum Gasteiger partial charge on any atom is 0.130 e. The maximum atomic E-state index is 13.4. The van der Waals surface area contributed by atoms with Crippen LogP contribution in [-0.2, 0) is 5.67 Å². The minimum absolute atomic E-state index is 0.388. The van der Waals surface area contributed by atoms with E-state index in [1.165, 1.54) is 26.0 Å². The molecule has 0 spiro atoms. The predicted octanol–water partition coefficient (Wildman–Crippen LogP) is 3.34. The summed E-state index contributed by atoms with van der Waals surface area (Å²) in [6, 6.07) is 4.17. The van der Waals surface area contributed by atoms with E-state index < -0.39 is 5.67 Å². The van der Waals surface area contributed by atoms with Gasteiger partial charge in [-0.15, -0.1) is 0 Å². The number of rotatable bonds is 1. The van der Waals surface area contributed by atoms with Crippen molar-refractivity contribution < 1.29 is 8.78 Å². The Kier molecular flexibility index (Phi) is 2.18. The highest BCUT2D eigenvalue weighted by Crippen LogP contribution is 2.27. The first-order valence-corrected chi connectivity index (χ1v) is 3.87. The summed E-state index contributed by atoms with van der Waals surface area (Å²) in [5.41, 5.74) is -0.266. The third kappa shape index (κ3) is 1.81. The fourth-order valence-electron chi connectivity index (χ4n) is 1.23. The van der Waals surface area contributed by atoms with Crippen molar-refractivity contribution in [3.63, 3.8) is 0 Å². The molecule has 0 aliphatic rings. The van der Waals surface area contributed by atoms with Crippen LogP contribution in [0.15, 0.2) is 18.2 Å². The van der Waals surface area contributed by atoms with Gasteiger partial charge in [0.1, 0.15) is 11.5 Å². The van der Waals surface area contributed by atoms with Crippen LogP contribution in [-0.4, -0.2) is 0 Å². The lowest BCUT2D eigenvalue weighted by Crippen LogP contribution is -2.11. The predicted molar refractivity (Wildman–Crippen MR) is 45.3 cm³/mol. The highest BCUT2D eigenvalue weighted by atomic mass is 19.1. The third-order valence-corrected chi connectivity index (χ3v) is 1.84. The van der Waals surface area contributed by atoms with Gasteiger partial charge in [-0.1, -0.05) is 6.07 Å². The molecule has 0 fully saturated rings. The van der Waals surface area contributed by atoms with E-state index in [0.717, 1.165) is 5.56 Å². The Bertz CT molecular complexity index is 284. The molecular weight excluding hydrogens is 158 g/mol. The Balaban J connectivity index is 3.23. The molecule has 0 radical (unpaired) electrons. The van der Waals surface area contributed by atoms with Gasteiger partial charge in [-0.25, -0.2) is 8.78 Å². The first-order valence-electron chi connectivity index (χ1n) is 3.87. The summed E-state index contributed by atoms with van der Waals surface area (Å²) in [5, 5.41) is 0. The van der Waals surface area contributed by atoms with E-state index in [2.05, 4.69) is 0 Å². The van der Waals surface area contributed by atoms with E-state index >= 15 is 0 Å². The number of hydrogen-bond acceptors (Lipinski definition) is 0. The minimum Gasteiger partial charge on any atom is -0.239 e. The van der Waals surface area contributed by atoms with Crippen LogP contribution in [0.2, 0.25) is 0 Å². The summed E-state index contributed by atoms with van der Waals surface area (Å²) in [7, 11) is 0. The average Bonchev–Trinajstić information content (AvgIpc) is 1.92. The molecular formula is C10H12F2. The SMILES string of the molecule is Cc1ccc(F)cc1C(C)(C)F. The molecule has 0 unspecified atom stereocenters. The minimum atomic E-state index is -1.47. The molecule has 0 saturated heterocycles. The third-order valence-electron chi connectivity index (χ3n) is 1.84. The van der Waals surface area contributed by atoms with Crippen LogP contribution in [0.3, 0.4) is 0 Å². The van der Waals surface area contributed by atoms with Crippen molar-refractivity contribution in [1.29, 1.82) is 0 Å². The molecule has 0 N–H and O–H groups in total. The van der Waals surface area contributed by atoms with E-state index in [1.807, 2.05) is 0 Å². The summed E-state index contributed by atoms with van der Waals surface area (Å²) in [4.78, 5) is 0. The highest BCUT2D eigenvalue weighted by Gasteiger charge is 2.21. The van der Waals surface area contributed by atoms with Crippen LogP contribution < -0.4 is 0 Å². The van der Waals surface area contributed by atoms with E-state index in [9.17, 15) is 8.78 Å². The van der Waals surface area contributed by atoms with Crippen LogP contribution in [0.4, 0.5) is 8.78 Å². The van der Waals surface area contributed by atoms with Crippen LogP contribution in [0.1, 0.15) is 25.0 Å². The molecule has 0 aromatic heterocycles. The molecule has 1 aromatic carbocycles. The average molecular weight is 170 g/mol. The summed E-state index contributed by atoms with van der Waals surface area (Å²) in [5.74, 6) is -0.388. The Hall–Kier alpha value is -0.920. The number of alkyl halides is 1. The van der Waals surface area contributed by atoms with Gasteiger partial charge in [0.15, 0.2) is 0 Å². The number of aryl methyl sites for hydroxylation is 1.